The monoisotopic (exact) mass is 326 g/mol. The molecular weight excluding hydrogens is 304 g/mol. The Morgan fingerprint density at radius 2 is 1.67 bits per heavy atom. The highest BCUT2D eigenvalue weighted by molar-refractivity contribution is 5.98. The molecule has 126 valence electrons. The molecule has 0 heterocycles. The highest BCUT2D eigenvalue weighted by Gasteiger charge is 2.09. The van der Waals surface area contributed by atoms with E-state index in [2.05, 4.69) is 10.9 Å². The van der Waals surface area contributed by atoms with E-state index in [1.807, 2.05) is 37.3 Å². The molecule has 0 saturated heterocycles. The Bertz CT molecular complexity index is 654. The van der Waals surface area contributed by atoms with E-state index >= 15 is 0 Å². The number of carbonyl (C=O) groups excluding carboxylic acids is 2. The number of Topliss-reactive ketones (excluding diaryl/α,β-unsaturated/α-hetero) is 1. The third kappa shape index (κ3) is 5.76. The van der Waals surface area contributed by atoms with Gasteiger partial charge in [-0.2, -0.15) is 0 Å². The van der Waals surface area contributed by atoms with Crippen LogP contribution in [0.2, 0.25) is 0 Å². The zero-order chi connectivity index (χ0) is 17.2. The Morgan fingerprint density at radius 3 is 2.33 bits per heavy atom. The summed E-state index contributed by atoms with van der Waals surface area (Å²) in [4.78, 5) is 23.9. The van der Waals surface area contributed by atoms with Gasteiger partial charge in [-0.1, -0.05) is 25.1 Å². The number of para-hydroxylation sites is 1. The van der Waals surface area contributed by atoms with Gasteiger partial charge in [-0.3, -0.25) is 20.4 Å². The summed E-state index contributed by atoms with van der Waals surface area (Å²) in [5, 5.41) is 0. The minimum atomic E-state index is -0.227. The molecule has 0 aliphatic carbocycles. The number of benzene rings is 2. The van der Waals surface area contributed by atoms with E-state index in [0.29, 0.717) is 12.2 Å². The fourth-order valence-corrected chi connectivity index (χ4v) is 2.05. The van der Waals surface area contributed by atoms with Crippen LogP contribution in [0.4, 0.5) is 5.69 Å². The van der Waals surface area contributed by atoms with E-state index in [1.165, 1.54) is 0 Å². The van der Waals surface area contributed by atoms with Crippen LogP contribution in [-0.4, -0.2) is 18.3 Å². The third-order valence-corrected chi connectivity index (χ3v) is 3.35. The molecule has 2 N–H and O–H groups in total. The lowest BCUT2D eigenvalue weighted by molar-refractivity contribution is -0.120. The van der Waals surface area contributed by atoms with Gasteiger partial charge in [0.1, 0.15) is 5.75 Å². The number of hydrogen-bond acceptors (Lipinski definition) is 4. The minimum absolute atomic E-state index is 0.0631. The maximum atomic E-state index is 12.1. The van der Waals surface area contributed by atoms with Crippen LogP contribution in [0.3, 0.4) is 0 Å². The molecule has 2 rings (SSSR count). The second-order valence-electron chi connectivity index (χ2n) is 5.34. The normalized spacial score (nSPS) is 10.0. The smallest absolute Gasteiger partial charge is 0.238 e. The number of ketones is 1. The number of carbonyl (C=O) groups is 2. The Kier molecular flexibility index (Phi) is 6.83. The zero-order valence-electron chi connectivity index (χ0n) is 13.7. The van der Waals surface area contributed by atoms with Gasteiger partial charge in [0.2, 0.25) is 5.91 Å². The molecule has 0 bridgehead atoms. The molecule has 2 aromatic rings. The predicted molar refractivity (Wildman–Crippen MR) is 94.0 cm³/mol. The average Bonchev–Trinajstić information content (AvgIpc) is 2.64. The van der Waals surface area contributed by atoms with Crippen LogP contribution < -0.4 is 15.6 Å². The molecular formula is C19H22N2O3. The topological polar surface area (TPSA) is 67.4 Å². The number of rotatable bonds is 9. The summed E-state index contributed by atoms with van der Waals surface area (Å²) < 4.78 is 5.48. The van der Waals surface area contributed by atoms with Crippen LogP contribution in [-0.2, 0) is 4.79 Å². The maximum absolute atomic E-state index is 12.1. The fourth-order valence-electron chi connectivity index (χ4n) is 2.05. The molecule has 24 heavy (non-hydrogen) atoms. The molecule has 0 aromatic heterocycles. The lowest BCUT2D eigenvalue weighted by Crippen LogP contribution is -2.29. The Labute approximate surface area is 142 Å². The second kappa shape index (κ2) is 9.35. The summed E-state index contributed by atoms with van der Waals surface area (Å²) >= 11 is 0. The predicted octanol–water partition coefficient (Wildman–Crippen LogP) is 3.58. The van der Waals surface area contributed by atoms with E-state index in [4.69, 9.17) is 4.74 Å². The van der Waals surface area contributed by atoms with Crippen molar-refractivity contribution in [2.45, 2.75) is 26.2 Å². The van der Waals surface area contributed by atoms with E-state index in [9.17, 15) is 9.59 Å². The summed E-state index contributed by atoms with van der Waals surface area (Å²) in [6.07, 6.45) is 1.23. The molecule has 1 amide bonds. The minimum Gasteiger partial charge on any atom is -0.494 e. The van der Waals surface area contributed by atoms with Crippen LogP contribution >= 0.6 is 0 Å². The summed E-state index contributed by atoms with van der Waals surface area (Å²) in [6, 6.07) is 16.3. The molecule has 0 aliphatic rings. The van der Waals surface area contributed by atoms with Gasteiger partial charge in [0.25, 0.3) is 0 Å². The molecule has 5 nitrogen and oxygen atoms in total. The van der Waals surface area contributed by atoms with Gasteiger partial charge in [-0.15, -0.1) is 0 Å². The molecule has 0 radical (unpaired) electrons. The van der Waals surface area contributed by atoms with E-state index < -0.39 is 0 Å². The van der Waals surface area contributed by atoms with Crippen LogP contribution in [0.5, 0.6) is 5.75 Å². The van der Waals surface area contributed by atoms with Crippen LogP contribution in [0.1, 0.15) is 36.5 Å². The van der Waals surface area contributed by atoms with Crippen molar-refractivity contribution in [2.75, 3.05) is 12.0 Å². The molecule has 0 saturated carbocycles. The largest absolute Gasteiger partial charge is 0.494 e. The standard InChI is InChI=1S/C19H22N2O3/c1-2-14-24-17-10-8-15(9-11-17)18(22)12-13-19(23)21-20-16-6-4-3-5-7-16/h3-11,20H,2,12-14H2,1H3,(H,21,23). The number of nitrogens with one attached hydrogen (secondary N) is 2. The van der Waals surface area contributed by atoms with Gasteiger partial charge in [-0.05, 0) is 42.8 Å². The van der Waals surface area contributed by atoms with E-state index in [1.54, 1.807) is 24.3 Å². The van der Waals surface area contributed by atoms with Crippen molar-refractivity contribution in [3.05, 3.63) is 60.2 Å². The summed E-state index contributed by atoms with van der Waals surface area (Å²) in [5.41, 5.74) is 6.76. The first-order chi connectivity index (χ1) is 11.7. The Morgan fingerprint density at radius 1 is 0.958 bits per heavy atom. The highest BCUT2D eigenvalue weighted by atomic mass is 16.5. The molecule has 0 aliphatic heterocycles. The molecule has 0 spiro atoms. The van der Waals surface area contributed by atoms with Gasteiger partial charge in [0, 0.05) is 18.4 Å². The molecule has 0 fully saturated rings. The Hall–Kier alpha value is -2.82. The zero-order valence-corrected chi connectivity index (χ0v) is 13.7. The molecule has 2 aromatic carbocycles. The van der Waals surface area contributed by atoms with Gasteiger partial charge >= 0.3 is 0 Å². The Balaban J connectivity index is 1.74. The van der Waals surface area contributed by atoms with Crippen molar-refractivity contribution in [3.8, 4) is 5.75 Å². The van der Waals surface area contributed by atoms with Crippen LogP contribution in [0, 0.1) is 0 Å². The van der Waals surface area contributed by atoms with Crippen molar-refractivity contribution in [1.29, 1.82) is 0 Å². The first-order valence-electron chi connectivity index (χ1n) is 8.05. The van der Waals surface area contributed by atoms with Gasteiger partial charge in [0.05, 0.1) is 12.3 Å². The first-order valence-corrected chi connectivity index (χ1v) is 8.05. The van der Waals surface area contributed by atoms with Crippen molar-refractivity contribution in [3.63, 3.8) is 0 Å². The van der Waals surface area contributed by atoms with Gasteiger partial charge in [0.15, 0.2) is 5.78 Å². The third-order valence-electron chi connectivity index (χ3n) is 3.35. The summed E-state index contributed by atoms with van der Waals surface area (Å²) in [6.45, 7) is 2.69. The summed E-state index contributed by atoms with van der Waals surface area (Å²) in [7, 11) is 0. The fraction of sp³-hybridized carbons (Fsp3) is 0.263. The van der Waals surface area contributed by atoms with Gasteiger partial charge in [-0.25, -0.2) is 0 Å². The molecule has 5 heteroatoms. The maximum Gasteiger partial charge on any atom is 0.238 e. The van der Waals surface area contributed by atoms with Crippen molar-refractivity contribution in [1.82, 2.24) is 5.43 Å². The number of hydrazine groups is 1. The first kappa shape index (κ1) is 17.5. The van der Waals surface area contributed by atoms with Crippen LogP contribution in [0.25, 0.3) is 0 Å². The SMILES string of the molecule is CCCOc1ccc(C(=O)CCC(=O)NNc2ccccc2)cc1. The number of amides is 1. The quantitative estimate of drug-likeness (QED) is 0.546. The average molecular weight is 326 g/mol. The lowest BCUT2D eigenvalue weighted by atomic mass is 10.1. The van der Waals surface area contributed by atoms with E-state index in [0.717, 1.165) is 17.9 Å². The number of ether oxygens (including phenoxy) is 1. The number of anilines is 1. The van der Waals surface area contributed by atoms with E-state index in [-0.39, 0.29) is 24.5 Å². The molecule has 0 unspecified atom stereocenters. The second-order valence-corrected chi connectivity index (χ2v) is 5.34. The molecule has 0 atom stereocenters. The highest BCUT2D eigenvalue weighted by Crippen LogP contribution is 2.14. The van der Waals surface area contributed by atoms with Gasteiger partial charge < -0.3 is 4.74 Å². The van der Waals surface area contributed by atoms with Crippen molar-refractivity contribution < 1.29 is 14.3 Å². The number of hydrogen-bond donors (Lipinski definition) is 2. The van der Waals surface area contributed by atoms with Crippen molar-refractivity contribution in [2.24, 2.45) is 0 Å². The van der Waals surface area contributed by atoms with Crippen LogP contribution in [0.15, 0.2) is 54.6 Å². The summed E-state index contributed by atoms with van der Waals surface area (Å²) in [5.74, 6) is 0.459. The van der Waals surface area contributed by atoms with Crippen molar-refractivity contribution >= 4 is 17.4 Å². The lowest BCUT2D eigenvalue weighted by Gasteiger charge is -2.08.